The molecule has 44 valence electrons. The molecule has 0 aromatic heterocycles. The predicted molar refractivity (Wildman–Crippen MR) is 41.9 cm³/mol. The molecule has 1 N–H and O–H groups in total. The molecule has 0 saturated heterocycles. The van der Waals surface area contributed by atoms with Crippen LogP contribution >= 0.6 is 0 Å². The quantitative estimate of drug-likeness (QED) is 0.416. The number of aliphatic hydroxyl groups is 1. The molecular weight excluding hydrogens is 85.7 g/mol. The lowest BCUT2D eigenvalue weighted by atomic mass is 10.4. The van der Waals surface area contributed by atoms with Gasteiger partial charge >= 0.3 is 0 Å². The number of aliphatic hydroxyl groups excluding tert-OH is 1. The summed E-state index contributed by atoms with van der Waals surface area (Å²) in [5, 5.41) is 8.07. The topological polar surface area (TPSA) is 20.2 Å². The molecule has 0 rings (SSSR count). The molecule has 0 aromatic carbocycles. The minimum Gasteiger partial charge on any atom is -0.396 e. The Morgan fingerprint density at radius 2 is 1.71 bits per heavy atom. The molecule has 0 bridgehead atoms. The van der Waals surface area contributed by atoms with Crippen molar-refractivity contribution in [3.63, 3.8) is 0 Å². The first kappa shape index (κ1) is 15.7. The van der Waals surface area contributed by atoms with Crippen LogP contribution in [0.1, 0.15) is 19.8 Å². The van der Waals surface area contributed by atoms with Crippen molar-refractivity contribution in [1.29, 1.82) is 0 Å². The van der Waals surface area contributed by atoms with Gasteiger partial charge in [-0.15, -0.1) is 0 Å². The Morgan fingerprint density at radius 3 is 1.71 bits per heavy atom. The minimum atomic E-state index is 0. The van der Waals surface area contributed by atoms with Gasteiger partial charge in [0, 0.05) is 6.61 Å². The normalized spacial score (nSPS) is 6.00. The van der Waals surface area contributed by atoms with Crippen LogP contribution in [0.15, 0.2) is 0 Å². The molecule has 0 spiro atoms. The average molecular weight is 102 g/mol. The number of hydrogen-bond acceptors (Lipinski definition) is 1. The second-order valence-electron chi connectivity index (χ2n) is 1.08. The zero-order valence-corrected chi connectivity index (χ0v) is 3.57. The van der Waals surface area contributed by atoms with Gasteiger partial charge in [-0.25, -0.2) is 0 Å². The first-order valence-corrected chi connectivity index (χ1v) is 2.02. The van der Waals surface area contributed by atoms with Gasteiger partial charge in [0.2, 0.25) is 0 Å². The maximum atomic E-state index is 8.07. The minimum absolute atomic E-state index is 0. The van der Waals surface area contributed by atoms with E-state index < -0.39 is 0 Å². The standard InChI is InChI=1S/C4H10O.2BH3/c1-2-3-4-5;;/h5H,2-4H2,1H3;2*1H3. The van der Waals surface area contributed by atoms with Crippen molar-refractivity contribution in [2.45, 2.75) is 19.8 Å². The van der Waals surface area contributed by atoms with Gasteiger partial charge in [0.25, 0.3) is 0 Å². The molecule has 0 amide bonds. The van der Waals surface area contributed by atoms with Gasteiger partial charge in [0.15, 0.2) is 0 Å². The molecule has 3 heteroatoms. The lowest BCUT2D eigenvalue weighted by Gasteiger charge is -1.79. The monoisotopic (exact) mass is 102 g/mol. The van der Waals surface area contributed by atoms with Gasteiger partial charge in [-0.3, -0.25) is 0 Å². The average Bonchev–Trinajstić information content (AvgIpc) is 1.41. The van der Waals surface area contributed by atoms with E-state index in [0.29, 0.717) is 6.61 Å². The largest absolute Gasteiger partial charge is 0.396 e. The van der Waals surface area contributed by atoms with E-state index in [-0.39, 0.29) is 16.8 Å². The van der Waals surface area contributed by atoms with Crippen molar-refractivity contribution < 1.29 is 5.11 Å². The van der Waals surface area contributed by atoms with Gasteiger partial charge in [-0.1, -0.05) is 13.3 Å². The van der Waals surface area contributed by atoms with Crippen LogP contribution < -0.4 is 0 Å². The molecule has 7 heavy (non-hydrogen) atoms. The second kappa shape index (κ2) is 16.5. The molecule has 1 nitrogen and oxygen atoms in total. The van der Waals surface area contributed by atoms with Crippen molar-refractivity contribution in [2.24, 2.45) is 0 Å². The predicted octanol–water partition coefficient (Wildman–Crippen LogP) is -1.59. The Bertz CT molecular complexity index is 17.2. The number of hydrogen-bond donors (Lipinski definition) is 1. The fourth-order valence-electron chi connectivity index (χ4n) is 0.158. The van der Waals surface area contributed by atoms with E-state index in [9.17, 15) is 0 Å². The van der Waals surface area contributed by atoms with Crippen molar-refractivity contribution in [1.82, 2.24) is 0 Å². The summed E-state index contributed by atoms with van der Waals surface area (Å²) in [7, 11) is 0. The van der Waals surface area contributed by atoms with E-state index in [0.717, 1.165) is 12.8 Å². The van der Waals surface area contributed by atoms with Crippen LogP contribution in [0.25, 0.3) is 0 Å². The van der Waals surface area contributed by atoms with Crippen molar-refractivity contribution in [3.05, 3.63) is 0 Å². The van der Waals surface area contributed by atoms with Gasteiger partial charge in [0.1, 0.15) is 0 Å². The Labute approximate surface area is 49.3 Å². The highest BCUT2D eigenvalue weighted by Gasteiger charge is 1.69. The van der Waals surface area contributed by atoms with Crippen LogP contribution in [0.5, 0.6) is 0 Å². The molecule has 0 heterocycles. The van der Waals surface area contributed by atoms with Crippen LogP contribution in [0.2, 0.25) is 0 Å². The maximum absolute atomic E-state index is 8.07. The molecule has 0 aliphatic carbocycles. The van der Waals surface area contributed by atoms with Gasteiger partial charge in [0.05, 0.1) is 16.8 Å². The molecule has 0 aromatic rings. The fraction of sp³-hybridized carbons (Fsp3) is 1.00. The van der Waals surface area contributed by atoms with E-state index in [1.54, 1.807) is 0 Å². The van der Waals surface area contributed by atoms with Crippen molar-refractivity contribution in [2.75, 3.05) is 6.61 Å². The third kappa shape index (κ3) is 23.3. The van der Waals surface area contributed by atoms with E-state index >= 15 is 0 Å². The Balaban J connectivity index is -0.0000000800. The van der Waals surface area contributed by atoms with Gasteiger partial charge in [-0.05, 0) is 6.42 Å². The molecule has 0 fully saturated rings. The fourth-order valence-corrected chi connectivity index (χ4v) is 0.158. The summed E-state index contributed by atoms with van der Waals surface area (Å²) in [6, 6.07) is 0. The first-order chi connectivity index (χ1) is 2.41. The molecular formula is C4H16B2O. The zero-order chi connectivity index (χ0) is 4.12. The lowest BCUT2D eigenvalue weighted by molar-refractivity contribution is 0.287. The second-order valence-corrected chi connectivity index (χ2v) is 1.08. The summed E-state index contributed by atoms with van der Waals surface area (Å²) in [4.78, 5) is 0. The summed E-state index contributed by atoms with van der Waals surface area (Å²) in [5.74, 6) is 0. The molecule has 0 radical (unpaired) electrons. The van der Waals surface area contributed by atoms with Crippen molar-refractivity contribution in [3.8, 4) is 0 Å². The van der Waals surface area contributed by atoms with Crippen LogP contribution in [-0.4, -0.2) is 28.5 Å². The van der Waals surface area contributed by atoms with E-state index in [4.69, 9.17) is 5.11 Å². The molecule has 0 unspecified atom stereocenters. The van der Waals surface area contributed by atoms with Crippen LogP contribution in [0.3, 0.4) is 0 Å². The van der Waals surface area contributed by atoms with E-state index in [1.807, 2.05) is 0 Å². The summed E-state index contributed by atoms with van der Waals surface area (Å²) in [6.45, 7) is 2.40. The molecule has 0 aliphatic rings. The third-order valence-corrected chi connectivity index (χ3v) is 0.512. The Kier molecular flexibility index (Phi) is 37.1. The summed E-state index contributed by atoms with van der Waals surface area (Å²) < 4.78 is 0. The van der Waals surface area contributed by atoms with Crippen molar-refractivity contribution >= 4 is 16.8 Å². The Hall–Kier alpha value is 0.0899. The summed E-state index contributed by atoms with van der Waals surface area (Å²) in [5.41, 5.74) is 0. The summed E-state index contributed by atoms with van der Waals surface area (Å²) >= 11 is 0. The number of rotatable bonds is 2. The third-order valence-electron chi connectivity index (χ3n) is 0.512. The van der Waals surface area contributed by atoms with E-state index in [2.05, 4.69) is 6.92 Å². The highest BCUT2D eigenvalue weighted by Crippen LogP contribution is 1.78. The highest BCUT2D eigenvalue weighted by atomic mass is 16.2. The molecule has 0 saturated carbocycles. The lowest BCUT2D eigenvalue weighted by Crippen LogP contribution is -1.75. The Morgan fingerprint density at radius 1 is 1.29 bits per heavy atom. The first-order valence-electron chi connectivity index (χ1n) is 2.02. The highest BCUT2D eigenvalue weighted by molar-refractivity contribution is 5.76. The van der Waals surface area contributed by atoms with Crippen LogP contribution in [0, 0.1) is 0 Å². The summed E-state index contributed by atoms with van der Waals surface area (Å²) in [6.07, 6.45) is 2.04. The van der Waals surface area contributed by atoms with E-state index in [1.165, 1.54) is 0 Å². The molecule has 0 aliphatic heterocycles. The number of unbranched alkanes of at least 4 members (excludes halogenated alkanes) is 1. The van der Waals surface area contributed by atoms with Crippen LogP contribution in [-0.2, 0) is 0 Å². The van der Waals surface area contributed by atoms with Crippen LogP contribution in [0.4, 0.5) is 0 Å². The smallest absolute Gasteiger partial charge is 0.0814 e. The van der Waals surface area contributed by atoms with Gasteiger partial charge < -0.3 is 5.11 Å². The molecule has 0 atom stereocenters. The zero-order valence-electron chi connectivity index (χ0n) is 3.57. The van der Waals surface area contributed by atoms with Gasteiger partial charge in [-0.2, -0.15) is 0 Å². The maximum Gasteiger partial charge on any atom is 0.0814 e. The SMILES string of the molecule is B.B.CCCCO.